The molecule has 0 bridgehead atoms. The molecule has 0 radical (unpaired) electrons. The predicted octanol–water partition coefficient (Wildman–Crippen LogP) is 7.26. The van der Waals surface area contributed by atoms with E-state index in [0.717, 1.165) is 60.7 Å². The smallest absolute Gasteiger partial charge is 0.266 e. The summed E-state index contributed by atoms with van der Waals surface area (Å²) < 4.78 is 0. The van der Waals surface area contributed by atoms with Gasteiger partial charge in [-0.25, -0.2) is 4.90 Å². The molecule has 0 unspecified atom stereocenters. The number of carbonyl (C=O) groups is 2. The molecular formula is C33H21N3O2. The highest BCUT2D eigenvalue weighted by Crippen LogP contribution is 2.44. The highest BCUT2D eigenvalue weighted by Gasteiger charge is 2.36. The Morgan fingerprint density at radius 2 is 1.34 bits per heavy atom. The van der Waals surface area contributed by atoms with E-state index in [4.69, 9.17) is 4.99 Å². The maximum absolute atomic E-state index is 13.2. The summed E-state index contributed by atoms with van der Waals surface area (Å²) in [5.74, 6) is -0.567. The van der Waals surface area contributed by atoms with E-state index >= 15 is 0 Å². The fourth-order valence-corrected chi connectivity index (χ4v) is 6.24. The highest BCUT2D eigenvalue weighted by atomic mass is 16.2. The Morgan fingerprint density at radius 1 is 0.711 bits per heavy atom. The number of rotatable bonds is 2. The SMILES string of the molecule is Cc1[nH]c2ccccc2c1C1=Nc2c(c3cc(N4C(=O)c5ccccc5C4=O)ccc3c3ccccc23)C1. The number of fused-ring (bicyclic) bond motifs is 8. The summed E-state index contributed by atoms with van der Waals surface area (Å²) in [6, 6.07) is 29.6. The van der Waals surface area contributed by atoms with Crippen molar-refractivity contribution in [2.24, 2.45) is 4.99 Å². The van der Waals surface area contributed by atoms with Crippen LogP contribution in [0.25, 0.3) is 32.4 Å². The Labute approximate surface area is 218 Å². The number of nitrogens with one attached hydrogen (secondary N) is 1. The number of imide groups is 1. The van der Waals surface area contributed by atoms with Gasteiger partial charge in [-0.1, -0.05) is 60.7 Å². The van der Waals surface area contributed by atoms with Gasteiger partial charge in [0.05, 0.1) is 28.2 Å². The molecule has 2 aliphatic heterocycles. The number of hydrogen-bond donors (Lipinski definition) is 1. The zero-order chi connectivity index (χ0) is 25.5. The Hall–Kier alpha value is -5.03. The molecule has 0 fully saturated rings. The number of para-hydroxylation sites is 1. The largest absolute Gasteiger partial charge is 0.358 e. The molecule has 1 aromatic heterocycles. The Kier molecular flexibility index (Phi) is 4.16. The van der Waals surface area contributed by atoms with Crippen molar-refractivity contribution < 1.29 is 9.59 Å². The summed E-state index contributed by atoms with van der Waals surface area (Å²) in [5, 5.41) is 5.49. The third-order valence-corrected chi connectivity index (χ3v) is 7.91. The topological polar surface area (TPSA) is 65.5 Å². The number of benzene rings is 5. The molecule has 38 heavy (non-hydrogen) atoms. The van der Waals surface area contributed by atoms with Crippen molar-refractivity contribution in [3.05, 3.63) is 119 Å². The minimum Gasteiger partial charge on any atom is -0.358 e. The maximum Gasteiger partial charge on any atom is 0.266 e. The molecule has 6 aromatic rings. The monoisotopic (exact) mass is 491 g/mol. The molecule has 0 spiro atoms. The van der Waals surface area contributed by atoms with Crippen LogP contribution in [0, 0.1) is 6.92 Å². The van der Waals surface area contributed by atoms with E-state index < -0.39 is 0 Å². The summed E-state index contributed by atoms with van der Waals surface area (Å²) in [6.07, 6.45) is 0.672. The van der Waals surface area contributed by atoms with Gasteiger partial charge in [-0.2, -0.15) is 0 Å². The number of anilines is 1. The second kappa shape index (κ2) is 7.49. The van der Waals surface area contributed by atoms with E-state index in [9.17, 15) is 9.59 Å². The number of amides is 2. The molecule has 2 aliphatic rings. The summed E-state index contributed by atoms with van der Waals surface area (Å²) in [7, 11) is 0. The van der Waals surface area contributed by atoms with Crippen molar-refractivity contribution in [3.63, 3.8) is 0 Å². The van der Waals surface area contributed by atoms with E-state index in [2.05, 4.69) is 42.2 Å². The van der Waals surface area contributed by atoms with Gasteiger partial charge in [-0.15, -0.1) is 0 Å². The second-order valence-corrected chi connectivity index (χ2v) is 10.00. The number of aryl methyl sites for hydroxylation is 1. The zero-order valence-corrected chi connectivity index (χ0v) is 20.6. The second-order valence-electron chi connectivity index (χ2n) is 10.00. The third kappa shape index (κ3) is 2.73. The molecular weight excluding hydrogens is 470 g/mol. The van der Waals surface area contributed by atoms with Gasteiger partial charge < -0.3 is 4.98 Å². The molecule has 5 aromatic carbocycles. The number of aromatic amines is 1. The molecule has 3 heterocycles. The number of carbonyl (C=O) groups excluding carboxylic acids is 2. The molecule has 2 amide bonds. The minimum absolute atomic E-state index is 0.284. The van der Waals surface area contributed by atoms with Gasteiger partial charge >= 0.3 is 0 Å². The molecule has 5 heteroatoms. The molecule has 5 nitrogen and oxygen atoms in total. The molecule has 0 atom stereocenters. The summed E-state index contributed by atoms with van der Waals surface area (Å²) in [4.78, 5) is 36.5. The van der Waals surface area contributed by atoms with Crippen molar-refractivity contribution >= 4 is 61.3 Å². The van der Waals surface area contributed by atoms with E-state index in [0.29, 0.717) is 23.2 Å². The Balaban J connectivity index is 1.34. The average Bonchev–Trinajstić information content (AvgIpc) is 3.60. The van der Waals surface area contributed by atoms with Crippen molar-refractivity contribution in [1.82, 2.24) is 4.98 Å². The quantitative estimate of drug-likeness (QED) is 0.205. The van der Waals surface area contributed by atoms with E-state index in [1.54, 1.807) is 24.3 Å². The number of hydrogen-bond acceptors (Lipinski definition) is 3. The van der Waals surface area contributed by atoms with Gasteiger partial charge in [0.2, 0.25) is 0 Å². The number of nitrogens with zero attached hydrogens (tertiary/aromatic N) is 2. The van der Waals surface area contributed by atoms with Gasteiger partial charge in [-0.3, -0.25) is 14.6 Å². The first-order valence-corrected chi connectivity index (χ1v) is 12.7. The van der Waals surface area contributed by atoms with Gasteiger partial charge in [-0.05, 0) is 59.0 Å². The lowest BCUT2D eigenvalue weighted by atomic mass is 9.92. The van der Waals surface area contributed by atoms with Crippen molar-refractivity contribution in [2.75, 3.05) is 4.90 Å². The first-order chi connectivity index (χ1) is 18.6. The predicted molar refractivity (Wildman–Crippen MR) is 152 cm³/mol. The maximum atomic E-state index is 13.2. The summed E-state index contributed by atoms with van der Waals surface area (Å²) >= 11 is 0. The molecule has 180 valence electrons. The molecule has 1 N–H and O–H groups in total. The van der Waals surface area contributed by atoms with Gasteiger partial charge in [0, 0.05) is 34.0 Å². The first kappa shape index (κ1) is 21.1. The Morgan fingerprint density at radius 3 is 2.11 bits per heavy atom. The number of aliphatic imine (C=N–C) groups is 1. The standard InChI is InChI=1S/C33H21N3O2/c1-18-30(25-12-6-7-13-28(25)34-18)29-17-27-26-16-19(36-32(37)23-10-4-5-11-24(23)33(36)38)14-15-21(26)20-8-2-3-9-22(20)31(27)35-29/h2-16,34H,17H2,1H3. The van der Waals surface area contributed by atoms with Crippen LogP contribution in [-0.4, -0.2) is 22.5 Å². The van der Waals surface area contributed by atoms with Crippen molar-refractivity contribution in [3.8, 4) is 0 Å². The lowest BCUT2D eigenvalue weighted by Gasteiger charge is -2.17. The summed E-state index contributed by atoms with van der Waals surface area (Å²) in [6.45, 7) is 2.09. The first-order valence-electron chi connectivity index (χ1n) is 12.7. The van der Waals surface area contributed by atoms with Gasteiger partial charge in [0.15, 0.2) is 0 Å². The van der Waals surface area contributed by atoms with Crippen molar-refractivity contribution in [1.29, 1.82) is 0 Å². The number of aromatic nitrogens is 1. The normalized spacial score (nSPS) is 14.6. The van der Waals surface area contributed by atoms with E-state index in [-0.39, 0.29) is 11.8 Å². The lowest BCUT2D eigenvalue weighted by molar-refractivity contribution is 0.0926. The zero-order valence-electron chi connectivity index (χ0n) is 20.6. The number of H-pyrrole nitrogens is 1. The Bertz CT molecular complexity index is 2030. The average molecular weight is 492 g/mol. The summed E-state index contributed by atoms with van der Waals surface area (Å²) in [5.41, 5.74) is 7.93. The fraction of sp³-hybridized carbons (Fsp3) is 0.0606. The van der Waals surface area contributed by atoms with E-state index in [1.165, 1.54) is 4.90 Å². The van der Waals surface area contributed by atoms with Crippen LogP contribution in [0.1, 0.15) is 37.5 Å². The van der Waals surface area contributed by atoms with E-state index in [1.807, 2.05) is 36.4 Å². The fourth-order valence-electron chi connectivity index (χ4n) is 6.24. The lowest BCUT2D eigenvalue weighted by Crippen LogP contribution is -2.29. The minimum atomic E-state index is -0.284. The van der Waals surface area contributed by atoms with Crippen LogP contribution in [0.15, 0.2) is 96.0 Å². The van der Waals surface area contributed by atoms with Gasteiger partial charge in [0.25, 0.3) is 11.8 Å². The van der Waals surface area contributed by atoms with Crippen LogP contribution in [0.5, 0.6) is 0 Å². The van der Waals surface area contributed by atoms with Crippen LogP contribution >= 0.6 is 0 Å². The van der Waals surface area contributed by atoms with Crippen LogP contribution in [0.2, 0.25) is 0 Å². The van der Waals surface area contributed by atoms with Crippen LogP contribution < -0.4 is 4.90 Å². The van der Waals surface area contributed by atoms with Gasteiger partial charge in [0.1, 0.15) is 0 Å². The van der Waals surface area contributed by atoms with Crippen LogP contribution in [0.3, 0.4) is 0 Å². The van der Waals surface area contributed by atoms with Crippen LogP contribution in [-0.2, 0) is 6.42 Å². The molecule has 0 aliphatic carbocycles. The highest BCUT2D eigenvalue weighted by molar-refractivity contribution is 6.35. The molecule has 0 saturated carbocycles. The molecule has 0 saturated heterocycles. The van der Waals surface area contributed by atoms with Crippen molar-refractivity contribution in [2.45, 2.75) is 13.3 Å². The van der Waals surface area contributed by atoms with Crippen LogP contribution in [0.4, 0.5) is 11.4 Å². The third-order valence-electron chi connectivity index (χ3n) is 7.91. The molecule has 8 rings (SSSR count).